The first kappa shape index (κ1) is 33.6. The maximum Gasteiger partial charge on any atom is 0.416 e. The number of carbonyl (C=O) groups excluding carboxylic acids is 3. The number of carbonyl (C=O) groups is 4. The second-order valence-corrected chi connectivity index (χ2v) is 11.0. The van der Waals surface area contributed by atoms with Gasteiger partial charge in [0.1, 0.15) is 6.61 Å². The number of carboxylic acid groups (broad SMARTS) is 1. The zero-order valence-electron chi connectivity index (χ0n) is 24.9. The third-order valence-corrected chi connectivity index (χ3v) is 8.05. The molecule has 10 nitrogen and oxygen atoms in total. The number of hydrogen-bond acceptors (Lipinski definition) is 7. The van der Waals surface area contributed by atoms with Crippen LogP contribution in [-0.4, -0.2) is 76.3 Å². The summed E-state index contributed by atoms with van der Waals surface area (Å²) in [5.41, 5.74) is 3.03. The molecule has 11 heteroatoms. The number of hydrogen-bond donors (Lipinski definition) is 1. The summed E-state index contributed by atoms with van der Waals surface area (Å²) in [6, 6.07) is 24.1. The standard InChI is InChI=1S/C34H36N4O6.Ni/c1-23(35-31(33(41)42)27(25-13-6-3-7-14-25)21-30(39)38-19-20-44-34(38)43)26-15-8-9-16-28(26)36-32(40)29-17-10-18-37(29)22-24-11-4-2-5-12-24;/h2-9,11-16,27,29,31H,10,17-22H2,1H3,(H2,35,36,40,41,42);/p-1/t27-,29-,31+;/m0./s1. The van der Waals surface area contributed by atoms with Crippen LogP contribution in [0.1, 0.15) is 48.8 Å². The molecule has 238 valence electrons. The van der Waals surface area contributed by atoms with Gasteiger partial charge in [-0.15, -0.1) is 5.69 Å². The van der Waals surface area contributed by atoms with Crippen molar-refractivity contribution >= 4 is 35.3 Å². The van der Waals surface area contributed by atoms with E-state index in [1.165, 1.54) is 0 Å². The van der Waals surface area contributed by atoms with Crippen molar-refractivity contribution in [1.29, 1.82) is 0 Å². The third-order valence-electron chi connectivity index (χ3n) is 8.05. The van der Waals surface area contributed by atoms with Crippen LogP contribution in [0.4, 0.5) is 10.5 Å². The van der Waals surface area contributed by atoms with Gasteiger partial charge in [0.2, 0.25) is 5.91 Å². The predicted molar refractivity (Wildman–Crippen MR) is 165 cm³/mol. The molecule has 2 saturated heterocycles. The van der Waals surface area contributed by atoms with Crippen LogP contribution in [-0.2, 0) is 42.2 Å². The number of amides is 3. The maximum atomic E-state index is 13.5. The largest absolute Gasteiger partial charge is 0.625 e. The SMILES string of the molecule is CC(=N[C@@H](C(=O)O)[C@@H](CC(=O)N1CCOC1=O)c1ccccc1)c1ccccc1[N-]C(=O)[C@@H]1CCCN1Cc1ccccc1.[Ni]. The van der Waals surface area contributed by atoms with Crippen LogP contribution in [0.2, 0.25) is 0 Å². The summed E-state index contributed by atoms with van der Waals surface area (Å²) in [5, 5.41) is 14.8. The van der Waals surface area contributed by atoms with Gasteiger partial charge in [-0.3, -0.25) is 14.7 Å². The van der Waals surface area contributed by atoms with Gasteiger partial charge in [-0.2, -0.15) is 0 Å². The number of rotatable bonds is 11. The summed E-state index contributed by atoms with van der Waals surface area (Å²) >= 11 is 0. The Morgan fingerprint density at radius 2 is 1.64 bits per heavy atom. The topological polar surface area (TPSA) is 131 Å². The van der Waals surface area contributed by atoms with Gasteiger partial charge in [0.05, 0.1) is 18.5 Å². The Morgan fingerprint density at radius 3 is 2.31 bits per heavy atom. The van der Waals surface area contributed by atoms with E-state index in [1.807, 2.05) is 30.3 Å². The van der Waals surface area contributed by atoms with E-state index in [0.717, 1.165) is 23.4 Å². The zero-order valence-corrected chi connectivity index (χ0v) is 25.8. The minimum Gasteiger partial charge on any atom is -0.625 e. The van der Waals surface area contributed by atoms with E-state index in [-0.39, 0.29) is 48.0 Å². The van der Waals surface area contributed by atoms with Crippen LogP contribution in [0.25, 0.3) is 5.32 Å². The molecule has 2 heterocycles. The third kappa shape index (κ3) is 8.23. The number of aliphatic imine (C=N–C) groups is 1. The van der Waals surface area contributed by atoms with E-state index in [9.17, 15) is 24.3 Å². The van der Waals surface area contributed by atoms with E-state index in [2.05, 4.69) is 15.2 Å². The van der Waals surface area contributed by atoms with Crippen molar-refractivity contribution < 1.29 is 45.5 Å². The van der Waals surface area contributed by atoms with Crippen molar-refractivity contribution in [2.75, 3.05) is 19.7 Å². The molecule has 1 N–H and O–H groups in total. The molecule has 2 aliphatic rings. The van der Waals surface area contributed by atoms with Crippen molar-refractivity contribution in [3.05, 3.63) is 107 Å². The number of ether oxygens (including phenoxy) is 1. The van der Waals surface area contributed by atoms with Crippen molar-refractivity contribution in [1.82, 2.24) is 9.80 Å². The smallest absolute Gasteiger partial charge is 0.416 e. The van der Waals surface area contributed by atoms with Gasteiger partial charge in [-0.25, -0.2) is 14.5 Å². The van der Waals surface area contributed by atoms with Crippen LogP contribution in [0.5, 0.6) is 0 Å². The van der Waals surface area contributed by atoms with Gasteiger partial charge in [0, 0.05) is 41.1 Å². The molecule has 3 aromatic carbocycles. The number of imide groups is 1. The van der Waals surface area contributed by atoms with E-state index in [0.29, 0.717) is 35.5 Å². The van der Waals surface area contributed by atoms with Crippen LogP contribution < -0.4 is 0 Å². The molecule has 2 aliphatic heterocycles. The molecule has 45 heavy (non-hydrogen) atoms. The van der Waals surface area contributed by atoms with E-state index >= 15 is 0 Å². The van der Waals surface area contributed by atoms with Gasteiger partial charge in [-0.05, 0) is 43.0 Å². The molecule has 0 radical (unpaired) electrons. The fourth-order valence-corrected chi connectivity index (χ4v) is 5.81. The number of aliphatic carboxylic acids is 1. The molecule has 0 spiro atoms. The molecule has 3 atom stereocenters. The maximum absolute atomic E-state index is 13.5. The summed E-state index contributed by atoms with van der Waals surface area (Å²) < 4.78 is 4.90. The predicted octanol–water partition coefficient (Wildman–Crippen LogP) is 5.30. The minimum absolute atomic E-state index is 0. The molecule has 0 aromatic heterocycles. The molecular weight excluding hydrogens is 619 g/mol. The Bertz CT molecular complexity index is 1530. The van der Waals surface area contributed by atoms with Gasteiger partial charge < -0.3 is 20.0 Å². The Labute approximate surface area is 272 Å². The molecule has 3 amide bonds. The zero-order chi connectivity index (χ0) is 31.1. The van der Waals surface area contributed by atoms with E-state index in [4.69, 9.17) is 4.74 Å². The second-order valence-electron chi connectivity index (χ2n) is 11.0. The summed E-state index contributed by atoms with van der Waals surface area (Å²) in [5.74, 6) is -2.86. The first-order valence-corrected chi connectivity index (χ1v) is 14.7. The fourth-order valence-electron chi connectivity index (χ4n) is 5.81. The Kier molecular flexibility index (Phi) is 11.6. The van der Waals surface area contributed by atoms with E-state index in [1.54, 1.807) is 61.5 Å². The van der Waals surface area contributed by atoms with E-state index < -0.39 is 29.9 Å². The molecule has 2 fully saturated rings. The van der Waals surface area contributed by atoms with Gasteiger partial charge in [-0.1, -0.05) is 84.9 Å². The Hall–Kier alpha value is -4.34. The van der Waals surface area contributed by atoms with Crippen LogP contribution in [0.3, 0.4) is 0 Å². The fraction of sp³-hybridized carbons (Fsp3) is 0.324. The number of nitrogens with zero attached hydrogens (tertiary/aromatic N) is 4. The van der Waals surface area contributed by atoms with Crippen molar-refractivity contribution in [3.63, 3.8) is 0 Å². The monoisotopic (exact) mass is 653 g/mol. The molecule has 0 bridgehead atoms. The number of likely N-dealkylation sites (tertiary alicyclic amines) is 1. The summed E-state index contributed by atoms with van der Waals surface area (Å²) in [7, 11) is 0. The van der Waals surface area contributed by atoms with Gasteiger partial charge in [0.25, 0.3) is 0 Å². The minimum atomic E-state index is -1.35. The number of cyclic esters (lactones) is 1. The molecule has 0 aliphatic carbocycles. The molecule has 0 saturated carbocycles. The average Bonchev–Trinajstić information content (AvgIpc) is 3.68. The van der Waals surface area contributed by atoms with Crippen molar-refractivity contribution in [3.8, 4) is 0 Å². The van der Waals surface area contributed by atoms with Crippen molar-refractivity contribution in [2.45, 2.75) is 50.7 Å². The molecular formula is C34H35N4NiO6-. The number of benzene rings is 3. The normalized spacial score (nSPS) is 18.1. The number of para-hydroxylation sites is 1. The van der Waals surface area contributed by atoms with Crippen LogP contribution >= 0.6 is 0 Å². The van der Waals surface area contributed by atoms with Crippen LogP contribution in [0.15, 0.2) is 89.9 Å². The molecule has 5 rings (SSSR count). The van der Waals surface area contributed by atoms with Crippen molar-refractivity contribution in [2.24, 2.45) is 4.99 Å². The van der Waals surface area contributed by atoms with Gasteiger partial charge >= 0.3 is 12.1 Å². The van der Waals surface area contributed by atoms with Gasteiger partial charge in [0.15, 0.2) is 6.04 Å². The quantitative estimate of drug-likeness (QED) is 0.220. The second kappa shape index (κ2) is 15.6. The summed E-state index contributed by atoms with van der Waals surface area (Å²) in [6.45, 7) is 3.35. The molecule has 3 aromatic rings. The first-order chi connectivity index (χ1) is 21.3. The Morgan fingerprint density at radius 1 is 0.978 bits per heavy atom. The Balaban J connectivity index is 0.00000461. The first-order valence-electron chi connectivity index (χ1n) is 14.7. The molecule has 0 unspecified atom stereocenters. The number of carboxylic acids is 1. The summed E-state index contributed by atoms with van der Waals surface area (Å²) in [4.78, 5) is 59.0. The average molecular weight is 654 g/mol. The summed E-state index contributed by atoms with van der Waals surface area (Å²) in [6.07, 6.45) is 0.618. The van der Waals surface area contributed by atoms with Crippen LogP contribution in [0, 0.1) is 0 Å².